The Labute approximate surface area is 125 Å². The molecule has 4 nitrogen and oxygen atoms in total. The van der Waals surface area contributed by atoms with E-state index < -0.39 is 0 Å². The van der Waals surface area contributed by atoms with Crippen LogP contribution in [0.15, 0.2) is 46.0 Å². The number of hydrogen-bond acceptors (Lipinski definition) is 4. The maximum absolute atomic E-state index is 12.4. The number of carbonyl (C=O) groups excluding carboxylic acids is 2. The van der Waals surface area contributed by atoms with E-state index in [9.17, 15) is 9.59 Å². The maximum atomic E-state index is 12.4. The van der Waals surface area contributed by atoms with Crippen molar-refractivity contribution in [2.45, 2.75) is 34.1 Å². The maximum Gasteiger partial charge on any atom is 0.228 e. The lowest BCUT2D eigenvalue weighted by molar-refractivity contribution is -0.121. The monoisotopic (exact) mass is 290 g/mol. The van der Waals surface area contributed by atoms with E-state index >= 15 is 0 Å². The fourth-order valence-electron chi connectivity index (χ4n) is 2.21. The van der Waals surface area contributed by atoms with Crippen LogP contribution in [0.25, 0.3) is 0 Å². The third-order valence-corrected chi connectivity index (χ3v) is 3.24. The molecule has 1 aliphatic carbocycles. The summed E-state index contributed by atoms with van der Waals surface area (Å²) >= 11 is 0. The van der Waals surface area contributed by atoms with Gasteiger partial charge in [0.25, 0.3) is 0 Å². The summed E-state index contributed by atoms with van der Waals surface area (Å²) < 4.78 is 10.0. The van der Waals surface area contributed by atoms with Crippen LogP contribution in [0.3, 0.4) is 0 Å². The van der Waals surface area contributed by atoms with E-state index in [0.29, 0.717) is 17.6 Å². The van der Waals surface area contributed by atoms with Gasteiger partial charge >= 0.3 is 0 Å². The van der Waals surface area contributed by atoms with Crippen molar-refractivity contribution < 1.29 is 19.1 Å². The Bertz CT molecular complexity index is 582. The standard InChI is InChI=1S/C17H22O4/c1-10(2)9-11(3)7-8-13-12(4)14(18)16(20-5)17(21-6)15(13)19/h7,9H,8H2,1-6H3/b11-7+. The summed E-state index contributed by atoms with van der Waals surface area (Å²) in [5.74, 6) is -0.616. The third kappa shape index (κ3) is 3.72. The van der Waals surface area contributed by atoms with Crippen LogP contribution < -0.4 is 0 Å². The summed E-state index contributed by atoms with van der Waals surface area (Å²) in [7, 11) is 2.72. The van der Waals surface area contributed by atoms with Crippen molar-refractivity contribution in [2.75, 3.05) is 14.2 Å². The number of carbonyl (C=O) groups is 2. The van der Waals surface area contributed by atoms with Gasteiger partial charge in [-0.05, 0) is 34.1 Å². The lowest BCUT2D eigenvalue weighted by Gasteiger charge is -2.19. The zero-order chi connectivity index (χ0) is 16.2. The molecule has 0 aromatic carbocycles. The van der Waals surface area contributed by atoms with Crippen LogP contribution >= 0.6 is 0 Å². The highest BCUT2D eigenvalue weighted by atomic mass is 16.5. The van der Waals surface area contributed by atoms with E-state index in [2.05, 4.69) is 0 Å². The van der Waals surface area contributed by atoms with Crippen LogP contribution in [0.4, 0.5) is 0 Å². The van der Waals surface area contributed by atoms with Gasteiger partial charge < -0.3 is 9.47 Å². The lowest BCUT2D eigenvalue weighted by atomic mass is 9.90. The topological polar surface area (TPSA) is 52.6 Å². The van der Waals surface area contributed by atoms with Crippen LogP contribution in [0, 0.1) is 0 Å². The quantitative estimate of drug-likeness (QED) is 0.576. The minimum atomic E-state index is -0.294. The SMILES string of the molecule is COC1=C(OC)C(=O)C(C/C=C(\C)C=C(C)C)=C(C)C1=O. The van der Waals surface area contributed by atoms with E-state index in [0.717, 1.165) is 5.57 Å². The molecule has 0 unspecified atom stereocenters. The van der Waals surface area contributed by atoms with Gasteiger partial charge in [0.15, 0.2) is 0 Å². The van der Waals surface area contributed by atoms with Gasteiger partial charge in [0.1, 0.15) is 0 Å². The molecule has 0 saturated heterocycles. The second-order valence-corrected chi connectivity index (χ2v) is 5.20. The third-order valence-electron chi connectivity index (χ3n) is 3.24. The van der Waals surface area contributed by atoms with Crippen LogP contribution in [-0.2, 0) is 19.1 Å². The van der Waals surface area contributed by atoms with Gasteiger partial charge in [-0.3, -0.25) is 9.59 Å². The molecule has 0 radical (unpaired) electrons. The molecule has 0 aliphatic heterocycles. The number of hydrogen-bond donors (Lipinski definition) is 0. The first-order valence-electron chi connectivity index (χ1n) is 6.76. The van der Waals surface area contributed by atoms with Crippen LogP contribution in [0.2, 0.25) is 0 Å². The summed E-state index contributed by atoms with van der Waals surface area (Å²) in [5, 5.41) is 0. The van der Waals surface area contributed by atoms with Crippen molar-refractivity contribution in [3.63, 3.8) is 0 Å². The van der Waals surface area contributed by atoms with E-state index in [4.69, 9.17) is 9.47 Å². The van der Waals surface area contributed by atoms with Crippen molar-refractivity contribution in [3.8, 4) is 0 Å². The lowest BCUT2D eigenvalue weighted by Crippen LogP contribution is -2.24. The average molecular weight is 290 g/mol. The van der Waals surface area contributed by atoms with Gasteiger partial charge in [0.05, 0.1) is 14.2 Å². The summed E-state index contributed by atoms with van der Waals surface area (Å²) in [4.78, 5) is 24.6. The van der Waals surface area contributed by atoms with Crippen LogP contribution in [-0.4, -0.2) is 25.8 Å². The van der Waals surface area contributed by atoms with E-state index in [1.807, 2.05) is 32.9 Å². The minimum absolute atomic E-state index is 0.0173. The molecule has 21 heavy (non-hydrogen) atoms. The summed E-state index contributed by atoms with van der Waals surface area (Å²) in [6, 6.07) is 0. The van der Waals surface area contributed by atoms with Gasteiger partial charge in [0, 0.05) is 11.1 Å². The molecular weight excluding hydrogens is 268 g/mol. The first-order valence-corrected chi connectivity index (χ1v) is 6.76. The molecule has 114 valence electrons. The Kier molecular flexibility index (Phi) is 5.70. The highest BCUT2D eigenvalue weighted by Crippen LogP contribution is 2.28. The van der Waals surface area contributed by atoms with Crippen LogP contribution in [0.1, 0.15) is 34.1 Å². The van der Waals surface area contributed by atoms with Gasteiger partial charge in [-0.15, -0.1) is 0 Å². The number of Topliss-reactive ketones (excluding diaryl/α,β-unsaturated/α-hetero) is 2. The second-order valence-electron chi connectivity index (χ2n) is 5.20. The predicted molar refractivity (Wildman–Crippen MR) is 81.6 cm³/mol. The van der Waals surface area contributed by atoms with Crippen molar-refractivity contribution in [1.82, 2.24) is 0 Å². The Morgan fingerprint density at radius 1 is 1.00 bits per heavy atom. The van der Waals surface area contributed by atoms with Crippen molar-refractivity contribution in [3.05, 3.63) is 46.0 Å². The number of rotatable bonds is 5. The Balaban J connectivity index is 3.14. The van der Waals surface area contributed by atoms with E-state index in [1.54, 1.807) is 6.92 Å². The molecule has 0 heterocycles. The molecule has 0 N–H and O–H groups in total. The molecule has 0 fully saturated rings. The van der Waals surface area contributed by atoms with Gasteiger partial charge in [-0.1, -0.05) is 23.3 Å². The molecule has 0 saturated carbocycles. The number of allylic oxidation sites excluding steroid dienone is 6. The van der Waals surface area contributed by atoms with Gasteiger partial charge in [-0.25, -0.2) is 0 Å². The molecule has 0 aromatic heterocycles. The highest BCUT2D eigenvalue weighted by molar-refractivity contribution is 6.23. The highest BCUT2D eigenvalue weighted by Gasteiger charge is 2.33. The van der Waals surface area contributed by atoms with Crippen molar-refractivity contribution >= 4 is 11.6 Å². The van der Waals surface area contributed by atoms with E-state index in [1.165, 1.54) is 19.8 Å². The molecule has 0 aromatic rings. The van der Waals surface area contributed by atoms with E-state index in [-0.39, 0.29) is 23.1 Å². The molecule has 0 bridgehead atoms. The van der Waals surface area contributed by atoms with Gasteiger partial charge in [0.2, 0.25) is 23.1 Å². The summed E-state index contributed by atoms with van der Waals surface area (Å²) in [6.45, 7) is 7.62. The Morgan fingerprint density at radius 3 is 2.00 bits per heavy atom. The predicted octanol–water partition coefficient (Wildman–Crippen LogP) is 3.26. The fourth-order valence-corrected chi connectivity index (χ4v) is 2.21. The Morgan fingerprint density at radius 2 is 1.52 bits per heavy atom. The van der Waals surface area contributed by atoms with Gasteiger partial charge in [-0.2, -0.15) is 0 Å². The fraction of sp³-hybridized carbons (Fsp3) is 0.412. The molecule has 1 aliphatic rings. The van der Waals surface area contributed by atoms with Crippen LogP contribution in [0.5, 0.6) is 0 Å². The first-order chi connectivity index (χ1) is 9.83. The molecular formula is C17H22O4. The summed E-state index contributed by atoms with van der Waals surface area (Å²) in [6.07, 6.45) is 4.36. The van der Waals surface area contributed by atoms with Crippen molar-refractivity contribution in [2.24, 2.45) is 0 Å². The van der Waals surface area contributed by atoms with Crippen molar-refractivity contribution in [1.29, 1.82) is 0 Å². The second kappa shape index (κ2) is 7.07. The zero-order valence-corrected chi connectivity index (χ0v) is 13.5. The largest absolute Gasteiger partial charge is 0.489 e. The number of ketones is 2. The molecule has 1 rings (SSSR count). The molecule has 0 spiro atoms. The minimum Gasteiger partial charge on any atom is -0.489 e. The average Bonchev–Trinajstić information content (AvgIpc) is 2.41. The molecule has 0 amide bonds. The number of ether oxygens (including phenoxy) is 2. The zero-order valence-electron chi connectivity index (χ0n) is 13.5. The summed E-state index contributed by atoms with van der Waals surface area (Å²) in [5.41, 5.74) is 3.11. The molecule has 0 atom stereocenters. The first kappa shape index (κ1) is 17.0. The Hall–Kier alpha value is -2.10. The molecule has 4 heteroatoms. The smallest absolute Gasteiger partial charge is 0.228 e. The normalized spacial score (nSPS) is 16.4. The number of methoxy groups -OCH3 is 2.